The van der Waals surface area contributed by atoms with Crippen LogP contribution in [0.25, 0.3) is 0 Å². The number of aliphatic hydroxyl groups is 1. The van der Waals surface area contributed by atoms with Crippen LogP contribution in [0.5, 0.6) is 0 Å². The Morgan fingerprint density at radius 2 is 1.96 bits per heavy atom. The minimum absolute atomic E-state index is 0.116. The Morgan fingerprint density at radius 1 is 1.21 bits per heavy atom. The first-order valence-corrected chi connectivity index (χ1v) is 10.4. The van der Waals surface area contributed by atoms with Crippen LogP contribution >= 0.6 is 0 Å². The molecule has 28 heavy (non-hydrogen) atoms. The van der Waals surface area contributed by atoms with E-state index in [9.17, 15) is 14.7 Å². The molecule has 4 aliphatic carbocycles. The molecule has 154 valence electrons. The number of carbonyl (C=O) groups is 2. The fourth-order valence-electron chi connectivity index (χ4n) is 8.62. The number of ether oxygens (including phenoxy) is 3. The fourth-order valence-corrected chi connectivity index (χ4v) is 8.62. The van der Waals surface area contributed by atoms with Gasteiger partial charge in [-0.05, 0) is 62.7 Å². The van der Waals surface area contributed by atoms with E-state index in [2.05, 4.69) is 6.58 Å². The molecule has 0 aromatic rings. The molecule has 0 aromatic carbocycles. The first-order valence-electron chi connectivity index (χ1n) is 10.4. The van der Waals surface area contributed by atoms with Crippen LogP contribution in [0.3, 0.4) is 0 Å². The summed E-state index contributed by atoms with van der Waals surface area (Å²) in [7, 11) is 2.81. The summed E-state index contributed by atoms with van der Waals surface area (Å²) in [5.74, 6) is -0.885. The van der Waals surface area contributed by atoms with Gasteiger partial charge >= 0.3 is 11.9 Å². The standard InChI is InChI=1S/C22H30O6/c1-11-9-21-10-12(11)5-6-13(21)22-8-7-14(28-19(22)25)20(2,18(24)27-4)16(22)15(21)17(23)26-3/h12-16,19,25H,1,5-10H2,2-4H3/t12-,13?,14-,15-,16?,19?,20-,21+,22-/m1/s1. The molecule has 0 radical (unpaired) electrons. The Balaban J connectivity index is 1.77. The van der Waals surface area contributed by atoms with E-state index in [-0.39, 0.29) is 29.2 Å². The van der Waals surface area contributed by atoms with Crippen molar-refractivity contribution in [3.8, 4) is 0 Å². The van der Waals surface area contributed by atoms with Crippen LogP contribution in [-0.4, -0.2) is 43.7 Å². The van der Waals surface area contributed by atoms with E-state index >= 15 is 0 Å². The lowest BCUT2D eigenvalue weighted by Crippen LogP contribution is -2.68. The molecule has 3 unspecified atom stereocenters. The molecule has 4 bridgehead atoms. The predicted molar refractivity (Wildman–Crippen MR) is 98.7 cm³/mol. The normalized spacial score (nSPS) is 53.5. The fraction of sp³-hybridized carbons (Fsp3) is 0.818. The monoisotopic (exact) mass is 390 g/mol. The van der Waals surface area contributed by atoms with Crippen LogP contribution in [0.4, 0.5) is 0 Å². The zero-order valence-electron chi connectivity index (χ0n) is 16.9. The summed E-state index contributed by atoms with van der Waals surface area (Å²) in [5.41, 5.74) is -0.699. The van der Waals surface area contributed by atoms with Gasteiger partial charge in [-0.15, -0.1) is 0 Å². The van der Waals surface area contributed by atoms with Crippen LogP contribution < -0.4 is 0 Å². The van der Waals surface area contributed by atoms with Crippen molar-refractivity contribution in [3.05, 3.63) is 12.2 Å². The summed E-state index contributed by atoms with van der Waals surface area (Å²) in [4.78, 5) is 26.4. The smallest absolute Gasteiger partial charge is 0.314 e. The van der Waals surface area contributed by atoms with Gasteiger partial charge in [0.2, 0.25) is 0 Å². The van der Waals surface area contributed by atoms with Gasteiger partial charge in [-0.2, -0.15) is 0 Å². The topological polar surface area (TPSA) is 82.1 Å². The highest BCUT2D eigenvalue weighted by atomic mass is 16.6. The van der Waals surface area contributed by atoms with E-state index in [1.807, 2.05) is 6.92 Å². The highest BCUT2D eigenvalue weighted by molar-refractivity contribution is 5.82. The van der Waals surface area contributed by atoms with Crippen molar-refractivity contribution in [1.29, 1.82) is 0 Å². The first kappa shape index (κ1) is 18.6. The molecule has 6 aliphatic rings. The van der Waals surface area contributed by atoms with Crippen LogP contribution in [0.1, 0.15) is 45.4 Å². The molecule has 1 N–H and O–H groups in total. The number of esters is 2. The van der Waals surface area contributed by atoms with Crippen molar-refractivity contribution < 1.29 is 28.9 Å². The van der Waals surface area contributed by atoms with Gasteiger partial charge in [-0.1, -0.05) is 12.2 Å². The third-order valence-electron chi connectivity index (χ3n) is 9.43. The lowest BCUT2D eigenvalue weighted by atomic mass is 9.49. The van der Waals surface area contributed by atoms with Crippen molar-refractivity contribution in [2.45, 2.75) is 57.8 Å². The minimum Gasteiger partial charge on any atom is -0.469 e. The van der Waals surface area contributed by atoms with E-state index in [0.29, 0.717) is 12.3 Å². The molecule has 6 fully saturated rings. The van der Waals surface area contributed by atoms with Gasteiger partial charge in [-0.3, -0.25) is 9.59 Å². The second-order valence-electron chi connectivity index (χ2n) is 9.98. The Kier molecular flexibility index (Phi) is 3.72. The van der Waals surface area contributed by atoms with Crippen LogP contribution in [0.15, 0.2) is 12.2 Å². The quantitative estimate of drug-likeness (QED) is 0.576. The highest BCUT2D eigenvalue weighted by Crippen LogP contribution is 2.80. The van der Waals surface area contributed by atoms with E-state index < -0.39 is 29.1 Å². The average Bonchev–Trinajstić information content (AvgIpc) is 3.10. The van der Waals surface area contributed by atoms with E-state index in [1.165, 1.54) is 19.8 Å². The lowest BCUT2D eigenvalue weighted by molar-refractivity contribution is -0.335. The Morgan fingerprint density at radius 3 is 2.61 bits per heavy atom. The summed E-state index contributed by atoms with van der Waals surface area (Å²) >= 11 is 0. The van der Waals surface area contributed by atoms with Gasteiger partial charge in [0.15, 0.2) is 6.29 Å². The van der Waals surface area contributed by atoms with E-state index in [4.69, 9.17) is 14.2 Å². The molecule has 2 aliphatic heterocycles. The molecular formula is C22H30O6. The summed E-state index contributed by atoms with van der Waals surface area (Å²) < 4.78 is 16.6. The SMILES string of the molecule is C=C1C[C@]23C[C@H]1CCC2[C@@]12CC[C@@H](OC1O)[C@@](C)(C(=O)OC)C2[C@@H]3C(=O)OC. The van der Waals surface area contributed by atoms with E-state index in [1.54, 1.807) is 0 Å². The van der Waals surface area contributed by atoms with Gasteiger partial charge in [0.05, 0.1) is 31.7 Å². The highest BCUT2D eigenvalue weighted by Gasteiger charge is 2.82. The maximum atomic E-state index is 13.3. The zero-order valence-corrected chi connectivity index (χ0v) is 16.9. The maximum absolute atomic E-state index is 13.3. The minimum atomic E-state index is -0.976. The molecule has 2 heterocycles. The van der Waals surface area contributed by atoms with Crippen molar-refractivity contribution >= 4 is 11.9 Å². The van der Waals surface area contributed by atoms with Gasteiger partial charge in [0, 0.05) is 11.3 Å². The summed E-state index contributed by atoms with van der Waals surface area (Å²) in [6.07, 6.45) is 3.67. The molecule has 0 aromatic heterocycles. The largest absolute Gasteiger partial charge is 0.469 e. The Bertz CT molecular complexity index is 762. The number of carbonyl (C=O) groups excluding carboxylic acids is 2. The summed E-state index contributed by atoms with van der Waals surface area (Å²) in [6.45, 7) is 6.19. The number of hydrogen-bond acceptors (Lipinski definition) is 6. The Labute approximate surface area is 165 Å². The molecule has 9 atom stereocenters. The molecule has 0 amide bonds. The molecule has 6 rings (SSSR count). The van der Waals surface area contributed by atoms with Gasteiger partial charge in [-0.25, -0.2) is 0 Å². The maximum Gasteiger partial charge on any atom is 0.314 e. The number of methoxy groups -OCH3 is 2. The number of fused-ring (bicyclic) bond motifs is 3. The number of aliphatic hydroxyl groups excluding tert-OH is 1. The number of rotatable bonds is 2. The van der Waals surface area contributed by atoms with Crippen LogP contribution in [-0.2, 0) is 23.8 Å². The van der Waals surface area contributed by atoms with Crippen molar-refractivity contribution in [3.63, 3.8) is 0 Å². The Hall–Kier alpha value is -1.40. The second kappa shape index (κ2) is 5.60. The molecular weight excluding hydrogens is 360 g/mol. The zero-order chi connectivity index (χ0) is 20.1. The number of hydrogen-bond donors (Lipinski definition) is 1. The van der Waals surface area contributed by atoms with Crippen molar-refractivity contribution in [2.75, 3.05) is 14.2 Å². The molecule has 6 heteroatoms. The molecule has 2 spiro atoms. The average molecular weight is 390 g/mol. The van der Waals surface area contributed by atoms with Crippen LogP contribution in [0, 0.1) is 39.9 Å². The summed E-state index contributed by atoms with van der Waals surface area (Å²) in [5, 5.41) is 11.2. The second-order valence-corrected chi connectivity index (χ2v) is 9.98. The third-order valence-corrected chi connectivity index (χ3v) is 9.43. The van der Waals surface area contributed by atoms with Gasteiger partial charge in [0.1, 0.15) is 0 Å². The molecule has 6 nitrogen and oxygen atoms in total. The molecule has 4 saturated carbocycles. The lowest BCUT2D eigenvalue weighted by Gasteiger charge is -2.61. The van der Waals surface area contributed by atoms with E-state index in [0.717, 1.165) is 32.1 Å². The molecule has 2 saturated heterocycles. The third kappa shape index (κ3) is 1.79. The van der Waals surface area contributed by atoms with Crippen molar-refractivity contribution in [2.24, 2.45) is 39.9 Å². The van der Waals surface area contributed by atoms with Gasteiger partial charge < -0.3 is 19.3 Å². The first-order chi connectivity index (χ1) is 13.3. The summed E-state index contributed by atoms with van der Waals surface area (Å²) in [6, 6.07) is 0. The number of allylic oxidation sites excluding steroid dienone is 1. The predicted octanol–water partition coefficient (Wildman–Crippen LogP) is 2.44. The van der Waals surface area contributed by atoms with Crippen molar-refractivity contribution in [1.82, 2.24) is 0 Å². The van der Waals surface area contributed by atoms with Crippen LogP contribution in [0.2, 0.25) is 0 Å². The van der Waals surface area contributed by atoms with Gasteiger partial charge in [0.25, 0.3) is 0 Å².